The van der Waals surface area contributed by atoms with Gasteiger partial charge in [0, 0.05) is 36.3 Å². The summed E-state index contributed by atoms with van der Waals surface area (Å²) in [5, 5.41) is 24.2. The molecule has 8 amide bonds. The summed E-state index contributed by atoms with van der Waals surface area (Å²) >= 11 is 0. The molecule has 2 aliphatic heterocycles. The monoisotopic (exact) mass is 1090 g/mol. The Labute approximate surface area is 465 Å². The van der Waals surface area contributed by atoms with Crippen LogP contribution < -0.4 is 47.3 Å². The smallest absolute Gasteiger partial charge is 0.251 e. The zero-order valence-electron chi connectivity index (χ0n) is 48.2. The fraction of sp³-hybridized carbons (Fsp3) is 0.567. The predicted octanol–water partition coefficient (Wildman–Crippen LogP) is 4.07. The van der Waals surface area contributed by atoms with Gasteiger partial charge in [-0.15, -0.1) is 0 Å². The van der Waals surface area contributed by atoms with E-state index in [0.29, 0.717) is 6.42 Å². The molecule has 10 atom stereocenters. The van der Waals surface area contributed by atoms with Gasteiger partial charge in [0.15, 0.2) is 0 Å². The number of likely N-dealkylation sites (N-methyl/N-ethyl adjacent to an activating group) is 2. The number of likely N-dealkylation sites (tertiary alicyclic amines) is 2. The molecule has 0 radical (unpaired) electrons. The molecule has 2 aliphatic carbocycles. The van der Waals surface area contributed by atoms with Crippen LogP contribution in [0.15, 0.2) is 60.7 Å². The molecule has 0 aromatic heterocycles. The summed E-state index contributed by atoms with van der Waals surface area (Å²) in [5.74, 6) is -2.76. The van der Waals surface area contributed by atoms with E-state index in [9.17, 15) is 38.4 Å². The summed E-state index contributed by atoms with van der Waals surface area (Å²) in [4.78, 5) is 117. The third-order valence-electron chi connectivity index (χ3n) is 16.3. The molecule has 2 fully saturated rings. The first-order valence-corrected chi connectivity index (χ1v) is 28.0. The Morgan fingerprint density at radius 3 is 1.43 bits per heavy atom. The van der Waals surface area contributed by atoms with Crippen molar-refractivity contribution in [3.8, 4) is 5.75 Å². The second-order valence-electron chi connectivity index (χ2n) is 24.1. The highest BCUT2D eigenvalue weighted by Gasteiger charge is 2.48. The maximum Gasteiger partial charge on any atom is 0.251 e. The van der Waals surface area contributed by atoms with Crippen LogP contribution in [0.25, 0.3) is 0 Å². The molecule has 19 heteroatoms. The number of nitrogens with zero attached hydrogens (tertiary/aromatic N) is 2. The standard InChI is InChI=1S/C60H84N10O9/c1-33-18-13-22-41-40(33)21-15-25-44(41)65-55(75)46-29-38(31-69(46)57(77)49(59(4,5)6)67-51(71)34(2)61-10)63-53(73)36-19-14-20-37(28-36)54(74)64-39-30-47(56(76)66-45-26-16-24-43-42(45)23-17-27-48(43)79-12)70(32-39)58(78)50(60(7,8)9)68-52(72)35(3)62-11/h13-14,17-20,22-23,27-28,34-35,38-39,44-47,49-50,61-62H,15-16,21,24-26,29-32H2,1-12H3,(H,63,73)(H,64,74)(H,65,75)(H,66,76)(H,67,71)(H,68,72)/t34-,35-,38-,39-,44?,45?,46-,47-,49+,50+/m0/s1. The Hall–Kier alpha value is -6.86. The summed E-state index contributed by atoms with van der Waals surface area (Å²) in [6.45, 7) is 16.4. The lowest BCUT2D eigenvalue weighted by Crippen LogP contribution is -2.59. The summed E-state index contributed by atoms with van der Waals surface area (Å²) in [7, 11) is 4.92. The molecule has 0 bridgehead atoms. The maximum absolute atomic E-state index is 14.8. The number of ether oxygens (including phenoxy) is 1. The minimum Gasteiger partial charge on any atom is -0.496 e. The van der Waals surface area contributed by atoms with Crippen molar-refractivity contribution in [3.63, 3.8) is 0 Å². The van der Waals surface area contributed by atoms with Crippen LogP contribution in [0.2, 0.25) is 0 Å². The number of rotatable bonds is 17. The number of amides is 8. The largest absolute Gasteiger partial charge is 0.496 e. The lowest BCUT2D eigenvalue weighted by molar-refractivity contribution is -0.144. The van der Waals surface area contributed by atoms with Crippen molar-refractivity contribution in [1.29, 1.82) is 0 Å². The van der Waals surface area contributed by atoms with Gasteiger partial charge in [-0.2, -0.15) is 0 Å². The molecule has 19 nitrogen and oxygen atoms in total. The van der Waals surface area contributed by atoms with Crippen LogP contribution in [-0.4, -0.2) is 140 Å². The molecule has 0 saturated carbocycles. The number of carbonyl (C=O) groups excluding carboxylic acids is 8. The van der Waals surface area contributed by atoms with E-state index >= 15 is 0 Å². The van der Waals surface area contributed by atoms with Gasteiger partial charge in [-0.05, 0) is 149 Å². The van der Waals surface area contributed by atoms with E-state index in [1.165, 1.54) is 21.4 Å². The Balaban J connectivity index is 1.10. The molecule has 428 valence electrons. The van der Waals surface area contributed by atoms with E-state index in [0.717, 1.165) is 60.1 Å². The second-order valence-corrected chi connectivity index (χ2v) is 24.1. The number of hydrogen-bond acceptors (Lipinski definition) is 11. The van der Waals surface area contributed by atoms with Crippen LogP contribution in [0.4, 0.5) is 0 Å². The Bertz CT molecular complexity index is 2790. The quantitative estimate of drug-likeness (QED) is 0.0958. The molecule has 7 rings (SSSR count). The van der Waals surface area contributed by atoms with Gasteiger partial charge in [0.05, 0.1) is 31.3 Å². The van der Waals surface area contributed by atoms with Crippen LogP contribution in [-0.2, 0) is 41.6 Å². The highest BCUT2D eigenvalue weighted by molar-refractivity contribution is 6.01. The van der Waals surface area contributed by atoms with Gasteiger partial charge in [0.25, 0.3) is 11.8 Å². The maximum atomic E-state index is 14.8. The molecule has 0 spiro atoms. The van der Waals surface area contributed by atoms with Gasteiger partial charge in [0.2, 0.25) is 35.4 Å². The van der Waals surface area contributed by atoms with Crippen LogP contribution in [0.3, 0.4) is 0 Å². The van der Waals surface area contributed by atoms with Crippen LogP contribution in [0.5, 0.6) is 5.75 Å². The van der Waals surface area contributed by atoms with Gasteiger partial charge in [-0.3, -0.25) is 38.4 Å². The molecule has 3 aromatic rings. The van der Waals surface area contributed by atoms with E-state index < -0.39 is 88.7 Å². The highest BCUT2D eigenvalue weighted by atomic mass is 16.5. The van der Waals surface area contributed by atoms with Gasteiger partial charge in [0.1, 0.15) is 29.9 Å². The average Bonchev–Trinajstić information content (AvgIpc) is 4.14. The topological polar surface area (TPSA) is 249 Å². The second kappa shape index (κ2) is 25.1. The van der Waals surface area contributed by atoms with Gasteiger partial charge >= 0.3 is 0 Å². The first-order valence-electron chi connectivity index (χ1n) is 28.0. The van der Waals surface area contributed by atoms with Crippen molar-refractivity contribution >= 4 is 47.3 Å². The molecule has 79 heavy (non-hydrogen) atoms. The molecule has 2 saturated heterocycles. The molecule has 3 aromatic carbocycles. The number of aryl methyl sites for hydroxylation is 1. The van der Waals surface area contributed by atoms with Crippen molar-refractivity contribution in [2.24, 2.45) is 10.8 Å². The number of methoxy groups -OCH3 is 1. The van der Waals surface area contributed by atoms with E-state index in [1.807, 2.05) is 71.9 Å². The predicted molar refractivity (Wildman–Crippen MR) is 301 cm³/mol. The van der Waals surface area contributed by atoms with E-state index in [4.69, 9.17) is 4.74 Å². The Morgan fingerprint density at radius 2 is 1.00 bits per heavy atom. The first kappa shape index (κ1) is 59.8. The highest BCUT2D eigenvalue weighted by Crippen LogP contribution is 2.37. The summed E-state index contributed by atoms with van der Waals surface area (Å²) in [5.41, 5.74) is 4.15. The summed E-state index contributed by atoms with van der Waals surface area (Å²) in [6, 6.07) is 10.8. The third-order valence-corrected chi connectivity index (χ3v) is 16.3. The number of nitrogens with one attached hydrogen (secondary N) is 8. The van der Waals surface area contributed by atoms with E-state index in [1.54, 1.807) is 53.3 Å². The summed E-state index contributed by atoms with van der Waals surface area (Å²) < 4.78 is 5.65. The number of benzene rings is 3. The van der Waals surface area contributed by atoms with Crippen molar-refractivity contribution < 1.29 is 43.1 Å². The number of hydrogen-bond donors (Lipinski definition) is 8. The fourth-order valence-corrected chi connectivity index (χ4v) is 11.5. The van der Waals surface area contributed by atoms with Gasteiger partial charge in [-0.25, -0.2) is 0 Å². The summed E-state index contributed by atoms with van der Waals surface area (Å²) in [6.07, 6.45) is 4.96. The number of fused-ring (bicyclic) bond motifs is 2. The molecule has 2 unspecified atom stereocenters. The first-order chi connectivity index (χ1) is 37.3. The minimum atomic E-state index is -1.02. The van der Waals surface area contributed by atoms with Crippen LogP contribution in [0, 0.1) is 17.8 Å². The Morgan fingerprint density at radius 1 is 0.582 bits per heavy atom. The average molecular weight is 1090 g/mol. The van der Waals surface area contributed by atoms with Gasteiger partial charge < -0.3 is 57.1 Å². The SMILES string of the molecule is CN[C@@H](C)C(=O)N[C@H](C(=O)N1C[C@@H](NC(=O)c2cccc(C(=O)N[C@H]3C[C@@H](C(=O)NC4CCCc5c(OC)cccc54)N(C(=O)[C@@H](NC(=O)[C@H](C)NC)C(C)(C)C)C3)c2)C[C@H]1C(=O)NC1CCCc2c(C)cccc21)C(C)(C)C. The lowest BCUT2D eigenvalue weighted by Gasteiger charge is -2.36. The van der Waals surface area contributed by atoms with Crippen molar-refractivity contribution in [2.45, 2.75) is 174 Å². The molecule has 2 heterocycles. The number of carbonyl (C=O) groups is 8. The molecule has 8 N–H and O–H groups in total. The Kier molecular flexibility index (Phi) is 19.0. The zero-order chi connectivity index (χ0) is 57.7. The fourth-order valence-electron chi connectivity index (χ4n) is 11.5. The van der Waals surface area contributed by atoms with E-state index in [2.05, 4.69) is 55.5 Å². The lowest BCUT2D eigenvalue weighted by atomic mass is 9.85. The molecular weight excluding hydrogens is 1000 g/mol. The molecular formula is C60H84N10O9. The van der Waals surface area contributed by atoms with Gasteiger partial charge in [-0.1, -0.05) is 77.9 Å². The third kappa shape index (κ3) is 13.8. The van der Waals surface area contributed by atoms with Crippen molar-refractivity contribution in [3.05, 3.63) is 99.6 Å². The minimum absolute atomic E-state index is 0.0193. The van der Waals surface area contributed by atoms with Crippen molar-refractivity contribution in [2.75, 3.05) is 34.3 Å². The van der Waals surface area contributed by atoms with Crippen LogP contribution in [0.1, 0.15) is 155 Å². The normalized spacial score (nSPS) is 22.4. The van der Waals surface area contributed by atoms with E-state index in [-0.39, 0.29) is 66.9 Å². The van der Waals surface area contributed by atoms with Crippen molar-refractivity contribution in [1.82, 2.24) is 52.3 Å². The zero-order valence-corrected chi connectivity index (χ0v) is 48.2. The van der Waals surface area contributed by atoms with Crippen LogP contribution >= 0.6 is 0 Å². The molecule has 4 aliphatic rings.